The minimum absolute atomic E-state index is 0.0400. The van der Waals surface area contributed by atoms with Crippen LogP contribution in [-0.2, 0) is 6.54 Å². The van der Waals surface area contributed by atoms with Gasteiger partial charge in [-0.25, -0.2) is 14.1 Å². The molecule has 0 saturated heterocycles. The maximum absolute atomic E-state index is 13.3. The molecule has 0 saturated carbocycles. The summed E-state index contributed by atoms with van der Waals surface area (Å²) in [6.45, 7) is 1.02. The van der Waals surface area contributed by atoms with Gasteiger partial charge in [0.05, 0.1) is 19.3 Å². The highest BCUT2D eigenvalue weighted by atomic mass is 19.3. The number of halogens is 3. The number of hydrogen-bond donors (Lipinski definition) is 0. The molecular formula is C19H19F3N4O2. The number of alkyl halides is 3. The van der Waals surface area contributed by atoms with E-state index in [0.29, 0.717) is 30.2 Å². The Morgan fingerprint density at radius 2 is 2.00 bits per heavy atom. The van der Waals surface area contributed by atoms with Gasteiger partial charge in [0.1, 0.15) is 17.6 Å². The van der Waals surface area contributed by atoms with Gasteiger partial charge in [0.15, 0.2) is 0 Å². The lowest BCUT2D eigenvalue weighted by Gasteiger charge is -2.12. The van der Waals surface area contributed by atoms with Gasteiger partial charge in [0, 0.05) is 11.8 Å². The molecule has 6 nitrogen and oxygen atoms in total. The minimum atomic E-state index is -2.91. The summed E-state index contributed by atoms with van der Waals surface area (Å²) in [7, 11) is 0. The lowest BCUT2D eigenvalue weighted by atomic mass is 10.0. The normalized spacial score (nSPS) is 12.2. The van der Waals surface area contributed by atoms with Crippen molar-refractivity contribution in [2.45, 2.75) is 33.2 Å². The zero-order chi connectivity index (χ0) is 20.1. The summed E-state index contributed by atoms with van der Waals surface area (Å²) in [6, 6.07) is 8.12. The fraction of sp³-hybridized carbons (Fsp3) is 0.316. The molecule has 0 aliphatic heterocycles. The molecule has 0 N–H and O–H groups in total. The lowest BCUT2D eigenvalue weighted by molar-refractivity contribution is -0.0498. The number of pyridine rings is 1. The van der Waals surface area contributed by atoms with Crippen LogP contribution < -0.4 is 9.47 Å². The molecule has 2 heterocycles. The van der Waals surface area contributed by atoms with Crippen molar-refractivity contribution in [1.82, 2.24) is 20.0 Å². The molecule has 9 heteroatoms. The van der Waals surface area contributed by atoms with Gasteiger partial charge in [-0.3, -0.25) is 0 Å². The lowest BCUT2D eigenvalue weighted by Crippen LogP contribution is -2.04. The molecule has 1 unspecified atom stereocenters. The quantitative estimate of drug-likeness (QED) is 0.568. The largest absolute Gasteiger partial charge is 0.478 e. The molecular weight excluding hydrogens is 373 g/mol. The van der Waals surface area contributed by atoms with Crippen LogP contribution in [0.25, 0.3) is 11.1 Å². The second-order valence-electron chi connectivity index (χ2n) is 5.99. The Hall–Kier alpha value is -3.10. The van der Waals surface area contributed by atoms with Crippen LogP contribution in [0.5, 0.6) is 11.6 Å². The number of ether oxygens (including phenoxy) is 2. The van der Waals surface area contributed by atoms with Gasteiger partial charge in [-0.2, -0.15) is 8.78 Å². The van der Waals surface area contributed by atoms with Crippen molar-refractivity contribution >= 4 is 0 Å². The van der Waals surface area contributed by atoms with Crippen molar-refractivity contribution in [3.05, 3.63) is 54.0 Å². The smallest absolute Gasteiger partial charge is 0.387 e. The first-order chi connectivity index (χ1) is 13.5. The molecule has 148 valence electrons. The monoisotopic (exact) mass is 392 g/mol. The first kappa shape index (κ1) is 19.7. The molecule has 0 amide bonds. The third-order valence-electron chi connectivity index (χ3n) is 3.87. The summed E-state index contributed by atoms with van der Waals surface area (Å²) in [5.41, 5.74) is 2.25. The highest BCUT2D eigenvalue weighted by Crippen LogP contribution is 2.32. The minimum Gasteiger partial charge on any atom is -0.478 e. The molecule has 1 atom stereocenters. The fourth-order valence-corrected chi connectivity index (χ4v) is 2.64. The van der Waals surface area contributed by atoms with Crippen LogP contribution >= 0.6 is 0 Å². The van der Waals surface area contributed by atoms with Gasteiger partial charge < -0.3 is 9.47 Å². The van der Waals surface area contributed by atoms with E-state index in [1.165, 1.54) is 29.9 Å². The van der Waals surface area contributed by atoms with E-state index in [0.717, 1.165) is 5.56 Å². The molecule has 0 aliphatic carbocycles. The topological polar surface area (TPSA) is 62.1 Å². The number of rotatable bonds is 8. The van der Waals surface area contributed by atoms with Crippen LogP contribution in [-0.4, -0.2) is 33.2 Å². The van der Waals surface area contributed by atoms with Gasteiger partial charge in [-0.05, 0) is 43.2 Å². The summed E-state index contributed by atoms with van der Waals surface area (Å²) in [5, 5.41) is 7.69. The van der Waals surface area contributed by atoms with Crippen molar-refractivity contribution in [2.24, 2.45) is 0 Å². The Kier molecular flexibility index (Phi) is 6.13. The molecule has 0 aliphatic rings. The van der Waals surface area contributed by atoms with Crippen LogP contribution in [0.4, 0.5) is 13.2 Å². The van der Waals surface area contributed by atoms with Crippen molar-refractivity contribution in [1.29, 1.82) is 0 Å². The highest BCUT2D eigenvalue weighted by Gasteiger charge is 2.13. The van der Waals surface area contributed by atoms with Crippen LogP contribution in [0.15, 0.2) is 42.7 Å². The number of aromatic nitrogens is 4. The van der Waals surface area contributed by atoms with Crippen LogP contribution in [0, 0.1) is 0 Å². The Labute approximate surface area is 159 Å². The van der Waals surface area contributed by atoms with E-state index in [1.54, 1.807) is 18.3 Å². The van der Waals surface area contributed by atoms with Crippen molar-refractivity contribution in [3.63, 3.8) is 0 Å². The zero-order valence-corrected chi connectivity index (χ0v) is 15.3. The average molecular weight is 392 g/mol. The maximum Gasteiger partial charge on any atom is 0.387 e. The molecule has 0 bridgehead atoms. The molecule has 28 heavy (non-hydrogen) atoms. The Balaban J connectivity index is 1.93. The predicted molar refractivity (Wildman–Crippen MR) is 96.1 cm³/mol. The zero-order valence-electron chi connectivity index (χ0n) is 15.3. The number of benzene rings is 1. The SMILES string of the molecule is CCOc1ncc(Cn2cc(C(C)F)nn2)cc1-c1cccc(OC(F)F)c1. The molecule has 0 spiro atoms. The summed E-state index contributed by atoms with van der Waals surface area (Å²) in [6.07, 6.45) is 1.94. The number of nitrogens with zero attached hydrogens (tertiary/aromatic N) is 4. The van der Waals surface area contributed by atoms with Gasteiger partial charge in [0.2, 0.25) is 5.88 Å². The average Bonchev–Trinajstić information content (AvgIpc) is 3.12. The molecule has 3 rings (SSSR count). The Morgan fingerprint density at radius 3 is 2.68 bits per heavy atom. The molecule has 0 fully saturated rings. The molecule has 2 aromatic heterocycles. The van der Waals surface area contributed by atoms with Gasteiger partial charge >= 0.3 is 6.61 Å². The van der Waals surface area contributed by atoms with Crippen molar-refractivity contribution < 1.29 is 22.6 Å². The first-order valence-electron chi connectivity index (χ1n) is 8.67. The van der Waals surface area contributed by atoms with E-state index in [1.807, 2.05) is 13.0 Å². The van der Waals surface area contributed by atoms with Gasteiger partial charge in [-0.15, -0.1) is 5.10 Å². The Morgan fingerprint density at radius 1 is 1.18 bits per heavy atom. The standard InChI is InChI=1S/C19H19F3N4O2/c1-3-27-18-16(14-5-4-6-15(8-14)28-19(21)22)7-13(9-23-18)10-26-11-17(12(2)20)24-25-26/h4-9,11-12,19H,3,10H2,1-2H3. The van der Waals surface area contributed by atoms with Crippen LogP contribution in [0.3, 0.4) is 0 Å². The highest BCUT2D eigenvalue weighted by molar-refractivity contribution is 5.70. The summed E-state index contributed by atoms with van der Waals surface area (Å²) >= 11 is 0. The van der Waals surface area contributed by atoms with Crippen molar-refractivity contribution in [3.8, 4) is 22.8 Å². The van der Waals surface area contributed by atoms with E-state index in [9.17, 15) is 13.2 Å². The first-order valence-corrected chi connectivity index (χ1v) is 8.67. The third kappa shape index (κ3) is 4.79. The second kappa shape index (κ2) is 8.73. The predicted octanol–water partition coefficient (Wildman–Crippen LogP) is 4.42. The van der Waals surface area contributed by atoms with Gasteiger partial charge in [-0.1, -0.05) is 17.3 Å². The van der Waals surface area contributed by atoms with E-state index in [2.05, 4.69) is 20.0 Å². The summed E-state index contributed by atoms with van der Waals surface area (Å²) in [4.78, 5) is 4.33. The Bertz CT molecular complexity index is 931. The summed E-state index contributed by atoms with van der Waals surface area (Å²) < 4.78 is 49.9. The van der Waals surface area contributed by atoms with Crippen LogP contribution in [0.1, 0.15) is 31.3 Å². The molecule has 1 aromatic carbocycles. The maximum atomic E-state index is 13.3. The van der Waals surface area contributed by atoms with Crippen molar-refractivity contribution in [2.75, 3.05) is 6.61 Å². The third-order valence-corrected chi connectivity index (χ3v) is 3.87. The molecule has 0 radical (unpaired) electrons. The second-order valence-corrected chi connectivity index (χ2v) is 5.99. The van der Waals surface area contributed by atoms with E-state index >= 15 is 0 Å². The fourth-order valence-electron chi connectivity index (χ4n) is 2.64. The van der Waals surface area contributed by atoms with Crippen LogP contribution in [0.2, 0.25) is 0 Å². The molecule has 3 aromatic rings. The van der Waals surface area contributed by atoms with E-state index < -0.39 is 12.8 Å². The van der Waals surface area contributed by atoms with E-state index in [4.69, 9.17) is 4.74 Å². The van der Waals surface area contributed by atoms with Gasteiger partial charge in [0.25, 0.3) is 0 Å². The number of hydrogen-bond acceptors (Lipinski definition) is 5. The summed E-state index contributed by atoms with van der Waals surface area (Å²) in [5.74, 6) is 0.412. The van der Waals surface area contributed by atoms with E-state index in [-0.39, 0.29) is 11.4 Å².